The second-order valence-corrected chi connectivity index (χ2v) is 6.72. The van der Waals surface area contributed by atoms with Crippen LogP contribution < -0.4 is 10.6 Å². The molecule has 1 saturated heterocycles. The lowest BCUT2D eigenvalue weighted by molar-refractivity contribution is -0.114. The van der Waals surface area contributed by atoms with E-state index < -0.39 is 0 Å². The number of unbranched alkanes of at least 4 members (excludes halogenated alkanes) is 2. The monoisotopic (exact) mass is 346 g/mol. The standard InChI is InChI=1S/C19H30N4O2/c1-16(24)21-18-8-6-17(7-9-18)19(25)20-10-4-3-5-11-23-14-12-22(2)13-15-23/h6-9H,3-5,10-15H2,1-2H3,(H,20,25)(H,21,24). The highest BCUT2D eigenvalue weighted by Crippen LogP contribution is 2.09. The first-order valence-corrected chi connectivity index (χ1v) is 9.11. The molecule has 0 radical (unpaired) electrons. The third-order valence-electron chi connectivity index (χ3n) is 4.50. The molecule has 1 aromatic carbocycles. The molecule has 0 saturated carbocycles. The summed E-state index contributed by atoms with van der Waals surface area (Å²) in [6.07, 6.45) is 3.32. The van der Waals surface area contributed by atoms with Gasteiger partial charge in [-0.05, 0) is 50.7 Å². The minimum absolute atomic E-state index is 0.0616. The molecular weight excluding hydrogens is 316 g/mol. The zero-order valence-corrected chi connectivity index (χ0v) is 15.4. The molecule has 2 rings (SSSR count). The quantitative estimate of drug-likeness (QED) is 0.705. The summed E-state index contributed by atoms with van der Waals surface area (Å²) < 4.78 is 0. The molecule has 0 spiro atoms. The molecule has 0 aliphatic carbocycles. The van der Waals surface area contributed by atoms with Crippen molar-refractivity contribution in [2.75, 3.05) is 51.6 Å². The van der Waals surface area contributed by atoms with Crippen LogP contribution in [0.25, 0.3) is 0 Å². The Morgan fingerprint density at radius 3 is 2.32 bits per heavy atom. The molecule has 6 nitrogen and oxygen atoms in total. The largest absolute Gasteiger partial charge is 0.352 e. The Morgan fingerprint density at radius 1 is 1.00 bits per heavy atom. The molecule has 1 fully saturated rings. The number of amides is 2. The van der Waals surface area contributed by atoms with Gasteiger partial charge in [0.2, 0.25) is 5.91 Å². The number of rotatable bonds is 8. The van der Waals surface area contributed by atoms with E-state index in [4.69, 9.17) is 0 Å². The lowest BCUT2D eigenvalue weighted by Gasteiger charge is -2.32. The van der Waals surface area contributed by atoms with Gasteiger partial charge >= 0.3 is 0 Å². The highest BCUT2D eigenvalue weighted by molar-refractivity contribution is 5.95. The molecule has 0 bridgehead atoms. The summed E-state index contributed by atoms with van der Waals surface area (Å²) in [4.78, 5) is 27.9. The first-order chi connectivity index (χ1) is 12.0. The summed E-state index contributed by atoms with van der Waals surface area (Å²) in [7, 11) is 2.17. The number of nitrogens with zero attached hydrogens (tertiary/aromatic N) is 2. The fraction of sp³-hybridized carbons (Fsp3) is 0.579. The fourth-order valence-electron chi connectivity index (χ4n) is 2.92. The molecule has 1 heterocycles. The Bertz CT molecular complexity index is 551. The van der Waals surface area contributed by atoms with Crippen molar-refractivity contribution < 1.29 is 9.59 Å². The Morgan fingerprint density at radius 2 is 1.68 bits per heavy atom. The van der Waals surface area contributed by atoms with Crippen LogP contribution in [-0.2, 0) is 4.79 Å². The van der Waals surface area contributed by atoms with Crippen LogP contribution in [0.2, 0.25) is 0 Å². The summed E-state index contributed by atoms with van der Waals surface area (Å²) in [5, 5.41) is 5.65. The van der Waals surface area contributed by atoms with Gasteiger partial charge in [0, 0.05) is 50.9 Å². The predicted molar refractivity (Wildman–Crippen MR) is 101 cm³/mol. The van der Waals surface area contributed by atoms with Crippen LogP contribution in [0.4, 0.5) is 5.69 Å². The Balaban J connectivity index is 1.56. The Labute approximate surface area is 150 Å². The fourth-order valence-corrected chi connectivity index (χ4v) is 2.92. The number of piperazine rings is 1. The average Bonchev–Trinajstić information content (AvgIpc) is 2.59. The number of benzene rings is 1. The maximum absolute atomic E-state index is 12.1. The van der Waals surface area contributed by atoms with Gasteiger partial charge in [-0.15, -0.1) is 0 Å². The molecule has 138 valence electrons. The van der Waals surface area contributed by atoms with Crippen LogP contribution in [-0.4, -0.2) is 67.9 Å². The summed E-state index contributed by atoms with van der Waals surface area (Å²) in [5.41, 5.74) is 1.32. The van der Waals surface area contributed by atoms with E-state index in [9.17, 15) is 9.59 Å². The maximum Gasteiger partial charge on any atom is 0.251 e. The van der Waals surface area contributed by atoms with Crippen LogP contribution in [0.1, 0.15) is 36.5 Å². The van der Waals surface area contributed by atoms with Crippen LogP contribution in [0, 0.1) is 0 Å². The smallest absolute Gasteiger partial charge is 0.251 e. The van der Waals surface area contributed by atoms with Crippen molar-refractivity contribution in [2.24, 2.45) is 0 Å². The first-order valence-electron chi connectivity index (χ1n) is 9.11. The van der Waals surface area contributed by atoms with E-state index in [1.807, 2.05) is 0 Å². The molecule has 1 aliphatic rings. The van der Waals surface area contributed by atoms with Crippen molar-refractivity contribution >= 4 is 17.5 Å². The van der Waals surface area contributed by atoms with Crippen LogP contribution in [0.15, 0.2) is 24.3 Å². The zero-order chi connectivity index (χ0) is 18.1. The third kappa shape index (κ3) is 7.23. The Kier molecular flexibility index (Phi) is 7.88. The number of carbonyl (C=O) groups excluding carboxylic acids is 2. The van der Waals surface area contributed by atoms with Crippen molar-refractivity contribution in [3.63, 3.8) is 0 Å². The topological polar surface area (TPSA) is 64.7 Å². The predicted octanol–water partition coefficient (Wildman–Crippen LogP) is 1.79. The molecule has 2 amide bonds. The minimum atomic E-state index is -0.117. The zero-order valence-electron chi connectivity index (χ0n) is 15.4. The van der Waals surface area contributed by atoms with E-state index in [2.05, 4.69) is 27.5 Å². The Hall–Kier alpha value is -1.92. The summed E-state index contributed by atoms with van der Waals surface area (Å²) in [6.45, 7) is 7.99. The second-order valence-electron chi connectivity index (χ2n) is 6.72. The highest BCUT2D eigenvalue weighted by Gasteiger charge is 2.12. The summed E-state index contributed by atoms with van der Waals surface area (Å²) in [6, 6.07) is 6.95. The van der Waals surface area contributed by atoms with E-state index >= 15 is 0 Å². The summed E-state index contributed by atoms with van der Waals surface area (Å²) in [5.74, 6) is -0.179. The van der Waals surface area contributed by atoms with Crippen molar-refractivity contribution in [1.82, 2.24) is 15.1 Å². The van der Waals surface area contributed by atoms with E-state index in [1.165, 1.54) is 26.4 Å². The second kappa shape index (κ2) is 10.2. The van der Waals surface area contributed by atoms with Crippen LogP contribution >= 0.6 is 0 Å². The van der Waals surface area contributed by atoms with E-state index in [-0.39, 0.29) is 11.8 Å². The summed E-state index contributed by atoms with van der Waals surface area (Å²) >= 11 is 0. The van der Waals surface area contributed by atoms with E-state index in [1.54, 1.807) is 24.3 Å². The van der Waals surface area contributed by atoms with E-state index in [0.717, 1.165) is 32.5 Å². The molecule has 0 unspecified atom stereocenters. The molecule has 1 aliphatic heterocycles. The van der Waals surface area contributed by atoms with Gasteiger partial charge in [0.05, 0.1) is 0 Å². The van der Waals surface area contributed by atoms with Crippen molar-refractivity contribution in [3.8, 4) is 0 Å². The molecule has 1 aromatic rings. The molecular formula is C19H30N4O2. The number of hydrogen-bond donors (Lipinski definition) is 2. The SMILES string of the molecule is CC(=O)Nc1ccc(C(=O)NCCCCCN2CCN(C)CC2)cc1. The molecule has 0 aromatic heterocycles. The number of anilines is 1. The lowest BCUT2D eigenvalue weighted by atomic mass is 10.2. The number of carbonyl (C=O) groups is 2. The van der Waals surface area contributed by atoms with Crippen molar-refractivity contribution in [2.45, 2.75) is 26.2 Å². The number of likely N-dealkylation sites (N-methyl/N-ethyl adjacent to an activating group) is 1. The minimum Gasteiger partial charge on any atom is -0.352 e. The van der Waals surface area contributed by atoms with Crippen LogP contribution in [0.3, 0.4) is 0 Å². The van der Waals surface area contributed by atoms with Gasteiger partial charge in [0.1, 0.15) is 0 Å². The molecule has 25 heavy (non-hydrogen) atoms. The van der Waals surface area contributed by atoms with Crippen molar-refractivity contribution in [3.05, 3.63) is 29.8 Å². The van der Waals surface area contributed by atoms with Crippen molar-refractivity contribution in [1.29, 1.82) is 0 Å². The lowest BCUT2D eigenvalue weighted by Crippen LogP contribution is -2.44. The average molecular weight is 346 g/mol. The molecule has 0 atom stereocenters. The normalized spacial score (nSPS) is 15.8. The maximum atomic E-state index is 12.1. The van der Waals surface area contributed by atoms with Gasteiger partial charge in [0.15, 0.2) is 0 Å². The number of hydrogen-bond acceptors (Lipinski definition) is 4. The first kappa shape index (κ1) is 19.4. The molecule has 2 N–H and O–H groups in total. The van der Waals surface area contributed by atoms with Gasteiger partial charge in [0.25, 0.3) is 5.91 Å². The van der Waals surface area contributed by atoms with Gasteiger partial charge in [-0.1, -0.05) is 6.42 Å². The van der Waals surface area contributed by atoms with Gasteiger partial charge < -0.3 is 20.4 Å². The third-order valence-corrected chi connectivity index (χ3v) is 4.50. The van der Waals surface area contributed by atoms with Gasteiger partial charge in [-0.3, -0.25) is 9.59 Å². The van der Waals surface area contributed by atoms with Gasteiger partial charge in [-0.25, -0.2) is 0 Å². The van der Waals surface area contributed by atoms with E-state index in [0.29, 0.717) is 17.8 Å². The molecule has 6 heteroatoms. The van der Waals surface area contributed by atoms with Gasteiger partial charge in [-0.2, -0.15) is 0 Å². The van der Waals surface area contributed by atoms with Crippen LogP contribution in [0.5, 0.6) is 0 Å². The number of nitrogens with one attached hydrogen (secondary N) is 2. The highest BCUT2D eigenvalue weighted by atomic mass is 16.2.